The van der Waals surface area contributed by atoms with Crippen LogP contribution in [-0.2, 0) is 20.9 Å². The average molecular weight is 499 g/mol. The number of benzene rings is 2. The van der Waals surface area contributed by atoms with Crippen molar-refractivity contribution in [2.75, 3.05) is 20.2 Å². The molecule has 0 saturated carbocycles. The molecule has 6 nitrogen and oxygen atoms in total. The van der Waals surface area contributed by atoms with E-state index in [1.807, 2.05) is 54.8 Å². The second-order valence-corrected chi connectivity index (χ2v) is 10.0. The number of hydrogen-bond donors (Lipinski definition) is 0. The van der Waals surface area contributed by atoms with Gasteiger partial charge in [-0.3, -0.25) is 14.4 Å². The summed E-state index contributed by atoms with van der Waals surface area (Å²) in [4.78, 5) is 42.3. The minimum atomic E-state index is -0.941. The summed E-state index contributed by atoms with van der Waals surface area (Å²) in [5.41, 5.74) is 0.583. The van der Waals surface area contributed by atoms with E-state index in [1.54, 1.807) is 15.9 Å². The topological polar surface area (TPSA) is 66.9 Å². The number of likely N-dealkylation sites (tertiary alicyclic amines) is 1. The number of rotatable bonds is 8. The molecular weight excluding hydrogens is 472 g/mol. The van der Waals surface area contributed by atoms with Gasteiger partial charge in [0.1, 0.15) is 5.54 Å². The van der Waals surface area contributed by atoms with Crippen LogP contribution in [0.4, 0.5) is 0 Å². The first-order valence-electron chi connectivity index (χ1n) is 11.2. The lowest BCUT2D eigenvalue weighted by Crippen LogP contribution is -2.67. The molecular formula is C26H27ClN2O4S. The number of thiophene rings is 1. The normalized spacial score (nSPS) is 17.3. The predicted molar refractivity (Wildman–Crippen MR) is 134 cm³/mol. The van der Waals surface area contributed by atoms with Crippen molar-refractivity contribution in [3.63, 3.8) is 0 Å². The Bertz CT molecular complexity index is 1230. The smallest absolute Gasteiger partial charge is 0.305 e. The Kier molecular flexibility index (Phi) is 7.24. The van der Waals surface area contributed by atoms with Gasteiger partial charge in [0.05, 0.1) is 12.7 Å². The van der Waals surface area contributed by atoms with Gasteiger partial charge in [0, 0.05) is 46.5 Å². The molecule has 1 aromatic heterocycles. The van der Waals surface area contributed by atoms with Gasteiger partial charge in [-0.1, -0.05) is 41.9 Å². The highest BCUT2D eigenvalue weighted by Crippen LogP contribution is 2.37. The monoisotopic (exact) mass is 498 g/mol. The van der Waals surface area contributed by atoms with Crippen LogP contribution in [-0.4, -0.2) is 53.3 Å². The molecule has 0 radical (unpaired) electrons. The van der Waals surface area contributed by atoms with Crippen molar-refractivity contribution in [1.82, 2.24) is 9.80 Å². The lowest BCUT2D eigenvalue weighted by Gasteiger charge is -2.51. The molecule has 1 saturated heterocycles. The predicted octanol–water partition coefficient (Wildman–Crippen LogP) is 5.14. The molecule has 1 aliphatic heterocycles. The van der Waals surface area contributed by atoms with E-state index in [1.165, 1.54) is 18.4 Å². The average Bonchev–Trinajstić information content (AvgIpc) is 3.26. The summed E-state index contributed by atoms with van der Waals surface area (Å²) >= 11 is 7.68. The molecule has 2 heterocycles. The van der Waals surface area contributed by atoms with Crippen LogP contribution in [0, 0.1) is 0 Å². The van der Waals surface area contributed by atoms with E-state index in [0.29, 0.717) is 43.1 Å². The van der Waals surface area contributed by atoms with E-state index in [2.05, 4.69) is 0 Å². The van der Waals surface area contributed by atoms with Crippen LogP contribution in [0.3, 0.4) is 0 Å². The van der Waals surface area contributed by atoms with E-state index in [-0.39, 0.29) is 24.2 Å². The third-order valence-corrected chi connectivity index (χ3v) is 7.62. The molecule has 0 unspecified atom stereocenters. The molecule has 0 bridgehead atoms. The lowest BCUT2D eigenvalue weighted by molar-refractivity contribution is -0.150. The number of carbonyl (C=O) groups excluding carboxylic acids is 3. The maximum absolute atomic E-state index is 13.8. The summed E-state index contributed by atoms with van der Waals surface area (Å²) in [6.45, 7) is 3.08. The number of methoxy groups -OCH3 is 1. The number of amides is 2. The maximum Gasteiger partial charge on any atom is 0.305 e. The zero-order valence-corrected chi connectivity index (χ0v) is 20.8. The van der Waals surface area contributed by atoms with Gasteiger partial charge in [0.25, 0.3) is 5.91 Å². The van der Waals surface area contributed by atoms with Gasteiger partial charge in [0.2, 0.25) is 5.91 Å². The van der Waals surface area contributed by atoms with Crippen molar-refractivity contribution in [3.8, 4) is 0 Å². The van der Waals surface area contributed by atoms with Gasteiger partial charge in [-0.25, -0.2) is 0 Å². The largest absolute Gasteiger partial charge is 0.469 e. The van der Waals surface area contributed by atoms with Crippen LogP contribution in [0.15, 0.2) is 53.9 Å². The summed E-state index contributed by atoms with van der Waals surface area (Å²) in [7, 11) is 1.35. The molecule has 0 spiro atoms. The number of esters is 1. The van der Waals surface area contributed by atoms with Crippen LogP contribution in [0.1, 0.15) is 42.1 Å². The highest BCUT2D eigenvalue weighted by molar-refractivity contribution is 7.17. The third-order valence-electron chi connectivity index (χ3n) is 6.42. The number of nitrogens with zero attached hydrogens (tertiary/aromatic N) is 2. The van der Waals surface area contributed by atoms with Gasteiger partial charge >= 0.3 is 5.97 Å². The zero-order valence-electron chi connectivity index (χ0n) is 19.3. The minimum absolute atomic E-state index is 0.128. The maximum atomic E-state index is 13.8. The second-order valence-electron chi connectivity index (χ2n) is 8.66. The Morgan fingerprint density at radius 2 is 1.97 bits per heavy atom. The molecule has 2 aromatic carbocycles. The van der Waals surface area contributed by atoms with Crippen molar-refractivity contribution in [3.05, 3.63) is 70.1 Å². The highest BCUT2D eigenvalue weighted by Gasteiger charge is 2.51. The molecule has 0 N–H and O–H groups in total. The SMILES string of the molecule is COC(=O)CCCN(Cc1cccc(Cl)c1)C(=O)[C@@]1(C)CCN1C(=O)c1csc2ccccc12. The second kappa shape index (κ2) is 10.2. The molecule has 1 fully saturated rings. The fraction of sp³-hybridized carbons (Fsp3) is 0.346. The quantitative estimate of drug-likeness (QED) is 0.403. The van der Waals surface area contributed by atoms with E-state index < -0.39 is 5.54 Å². The molecule has 0 aliphatic carbocycles. The molecule has 1 atom stereocenters. The summed E-state index contributed by atoms with van der Waals surface area (Å²) in [6, 6.07) is 15.2. The van der Waals surface area contributed by atoms with Crippen LogP contribution in [0.2, 0.25) is 5.02 Å². The molecule has 2 amide bonds. The Morgan fingerprint density at radius 1 is 1.18 bits per heavy atom. The fourth-order valence-corrected chi connectivity index (χ4v) is 5.51. The summed E-state index contributed by atoms with van der Waals surface area (Å²) in [5, 5.41) is 3.37. The van der Waals surface area contributed by atoms with Crippen molar-refractivity contribution in [1.29, 1.82) is 0 Å². The van der Waals surface area contributed by atoms with Crippen molar-refractivity contribution < 1.29 is 19.1 Å². The van der Waals surface area contributed by atoms with Gasteiger partial charge in [-0.2, -0.15) is 0 Å². The fourth-order valence-electron chi connectivity index (χ4n) is 4.36. The van der Waals surface area contributed by atoms with E-state index in [0.717, 1.165) is 15.6 Å². The molecule has 3 aromatic rings. The first kappa shape index (κ1) is 24.2. The number of carbonyl (C=O) groups is 3. The first-order valence-corrected chi connectivity index (χ1v) is 12.5. The summed E-state index contributed by atoms with van der Waals surface area (Å²) in [6.07, 6.45) is 1.27. The van der Waals surface area contributed by atoms with E-state index in [9.17, 15) is 14.4 Å². The van der Waals surface area contributed by atoms with Gasteiger partial charge in [-0.05, 0) is 43.5 Å². The number of hydrogen-bond acceptors (Lipinski definition) is 5. The van der Waals surface area contributed by atoms with Crippen LogP contribution in [0.5, 0.6) is 0 Å². The van der Waals surface area contributed by atoms with Gasteiger partial charge in [0.15, 0.2) is 0 Å². The standard InChI is InChI=1S/C26H27ClN2O4S/c1-26(12-14-29(26)24(31)21-17-34-22-10-4-3-9-20(21)22)25(32)28(13-6-11-23(30)33-2)16-18-7-5-8-19(27)15-18/h3-5,7-10,15,17H,6,11-14,16H2,1-2H3/t26-/m1/s1. The Balaban J connectivity index is 1.56. The minimum Gasteiger partial charge on any atom is -0.469 e. The third kappa shape index (κ3) is 4.81. The van der Waals surface area contributed by atoms with Crippen LogP contribution in [0.25, 0.3) is 10.1 Å². The molecule has 34 heavy (non-hydrogen) atoms. The molecule has 8 heteroatoms. The molecule has 4 rings (SSSR count). The van der Waals surface area contributed by atoms with Crippen LogP contribution < -0.4 is 0 Å². The summed E-state index contributed by atoms with van der Waals surface area (Å²) in [5.74, 6) is -0.570. The highest BCUT2D eigenvalue weighted by atomic mass is 35.5. The lowest BCUT2D eigenvalue weighted by atomic mass is 9.84. The Labute approximate surface area is 208 Å². The number of fused-ring (bicyclic) bond motifs is 1. The van der Waals surface area contributed by atoms with Crippen molar-refractivity contribution in [2.24, 2.45) is 0 Å². The Morgan fingerprint density at radius 3 is 2.68 bits per heavy atom. The van der Waals surface area contributed by atoms with Crippen molar-refractivity contribution in [2.45, 2.75) is 38.3 Å². The Hall–Kier alpha value is -2.90. The molecule has 1 aliphatic rings. The van der Waals surface area contributed by atoms with Gasteiger partial charge < -0.3 is 14.5 Å². The van der Waals surface area contributed by atoms with Crippen LogP contribution >= 0.6 is 22.9 Å². The molecule has 178 valence electrons. The zero-order chi connectivity index (χ0) is 24.3. The van der Waals surface area contributed by atoms with Gasteiger partial charge in [-0.15, -0.1) is 11.3 Å². The summed E-state index contributed by atoms with van der Waals surface area (Å²) < 4.78 is 5.79. The van der Waals surface area contributed by atoms with E-state index >= 15 is 0 Å². The van der Waals surface area contributed by atoms with E-state index in [4.69, 9.17) is 16.3 Å². The van der Waals surface area contributed by atoms with Crippen molar-refractivity contribution >= 4 is 50.8 Å². The number of halogens is 1. The first-order chi connectivity index (χ1) is 16.3. The number of ether oxygens (including phenoxy) is 1.